The molecule has 27 heavy (non-hydrogen) atoms. The average molecular weight is 379 g/mol. The number of hydrogen-bond donors (Lipinski definition) is 1. The van der Waals surface area contributed by atoms with Crippen molar-refractivity contribution >= 4 is 22.8 Å². The standard InChI is InChI=1S/C18H13F4N3O2/c1-27-17(26)11-4-7-13-14(8-11)25-16(23-9-18(20,21)22)15(24-13)10-2-5-12(19)6-3-10/h2-8H,9H2,1H3,(H,23,25). The highest BCUT2D eigenvalue weighted by atomic mass is 19.4. The lowest BCUT2D eigenvalue weighted by atomic mass is 10.1. The van der Waals surface area contributed by atoms with Crippen LogP contribution < -0.4 is 5.32 Å². The summed E-state index contributed by atoms with van der Waals surface area (Å²) in [5.41, 5.74) is 1.30. The first-order chi connectivity index (χ1) is 12.8. The molecule has 0 spiro atoms. The van der Waals surface area contributed by atoms with Crippen molar-refractivity contribution in [2.24, 2.45) is 0 Å². The minimum Gasteiger partial charge on any atom is -0.465 e. The van der Waals surface area contributed by atoms with Crippen LogP contribution in [0.3, 0.4) is 0 Å². The van der Waals surface area contributed by atoms with Crippen LogP contribution >= 0.6 is 0 Å². The van der Waals surface area contributed by atoms with Crippen LogP contribution in [0, 0.1) is 5.82 Å². The first kappa shape index (κ1) is 18.6. The van der Waals surface area contributed by atoms with Crippen LogP contribution in [-0.4, -0.2) is 35.8 Å². The second kappa shape index (κ2) is 7.18. The van der Waals surface area contributed by atoms with Gasteiger partial charge in [-0.3, -0.25) is 0 Å². The largest absolute Gasteiger partial charge is 0.465 e. The molecule has 0 radical (unpaired) electrons. The van der Waals surface area contributed by atoms with Gasteiger partial charge in [0, 0.05) is 5.56 Å². The Morgan fingerprint density at radius 2 is 1.78 bits per heavy atom. The zero-order valence-corrected chi connectivity index (χ0v) is 14.0. The number of nitrogens with zero attached hydrogens (tertiary/aromatic N) is 2. The summed E-state index contributed by atoms with van der Waals surface area (Å²) in [4.78, 5) is 20.2. The molecule has 0 aliphatic rings. The number of nitrogens with one attached hydrogen (secondary N) is 1. The van der Waals surface area contributed by atoms with E-state index < -0.39 is 24.5 Å². The molecule has 0 bridgehead atoms. The highest BCUT2D eigenvalue weighted by Gasteiger charge is 2.27. The van der Waals surface area contributed by atoms with Crippen LogP contribution in [0.4, 0.5) is 23.4 Å². The molecular formula is C18H13F4N3O2. The van der Waals surface area contributed by atoms with E-state index >= 15 is 0 Å². The molecule has 1 heterocycles. The van der Waals surface area contributed by atoms with Gasteiger partial charge in [-0.2, -0.15) is 13.2 Å². The summed E-state index contributed by atoms with van der Waals surface area (Å²) in [5, 5.41) is 2.21. The third kappa shape index (κ3) is 4.30. The maximum atomic E-state index is 13.2. The smallest absolute Gasteiger partial charge is 0.405 e. The van der Waals surface area contributed by atoms with Gasteiger partial charge in [-0.15, -0.1) is 0 Å². The summed E-state index contributed by atoms with van der Waals surface area (Å²) in [6.45, 7) is -1.32. The predicted octanol–water partition coefficient (Wildman–Crippen LogP) is 4.20. The number of anilines is 1. The van der Waals surface area contributed by atoms with E-state index in [9.17, 15) is 22.4 Å². The maximum absolute atomic E-state index is 13.2. The van der Waals surface area contributed by atoms with Gasteiger partial charge >= 0.3 is 12.1 Å². The number of aromatic nitrogens is 2. The molecule has 0 saturated carbocycles. The number of alkyl halides is 3. The lowest BCUT2D eigenvalue weighted by Crippen LogP contribution is -2.22. The fourth-order valence-corrected chi connectivity index (χ4v) is 2.42. The summed E-state index contributed by atoms with van der Waals surface area (Å²) >= 11 is 0. The molecule has 3 aromatic rings. The molecule has 3 rings (SSSR count). The normalized spacial score (nSPS) is 11.4. The lowest BCUT2D eigenvalue weighted by molar-refractivity contribution is -0.115. The Balaban J connectivity index is 2.13. The maximum Gasteiger partial charge on any atom is 0.405 e. The van der Waals surface area contributed by atoms with E-state index in [2.05, 4.69) is 20.0 Å². The third-order valence-corrected chi connectivity index (χ3v) is 3.66. The lowest BCUT2D eigenvalue weighted by Gasteiger charge is -2.14. The van der Waals surface area contributed by atoms with Gasteiger partial charge < -0.3 is 10.1 Å². The van der Waals surface area contributed by atoms with E-state index in [-0.39, 0.29) is 22.6 Å². The van der Waals surface area contributed by atoms with E-state index in [0.717, 1.165) is 0 Å². The molecule has 0 fully saturated rings. The molecule has 0 aliphatic carbocycles. The van der Waals surface area contributed by atoms with E-state index in [1.165, 1.54) is 49.6 Å². The SMILES string of the molecule is COC(=O)c1ccc2nc(-c3ccc(F)cc3)c(NCC(F)(F)F)nc2c1. The Kier molecular flexibility index (Phi) is 4.93. The number of esters is 1. The van der Waals surface area contributed by atoms with E-state index in [0.29, 0.717) is 11.1 Å². The number of rotatable bonds is 4. The first-order valence-electron chi connectivity index (χ1n) is 7.73. The molecule has 9 heteroatoms. The highest BCUT2D eigenvalue weighted by molar-refractivity contribution is 5.94. The molecule has 0 amide bonds. The first-order valence-corrected chi connectivity index (χ1v) is 7.73. The van der Waals surface area contributed by atoms with Crippen molar-refractivity contribution in [3.8, 4) is 11.3 Å². The van der Waals surface area contributed by atoms with Gasteiger partial charge in [-0.1, -0.05) is 0 Å². The van der Waals surface area contributed by atoms with Crippen molar-refractivity contribution in [3.05, 3.63) is 53.8 Å². The molecule has 0 aliphatic heterocycles. The third-order valence-electron chi connectivity index (χ3n) is 3.66. The number of halogens is 4. The zero-order valence-electron chi connectivity index (χ0n) is 14.0. The second-order valence-electron chi connectivity index (χ2n) is 5.59. The summed E-state index contributed by atoms with van der Waals surface area (Å²) in [7, 11) is 1.21. The number of hydrogen-bond acceptors (Lipinski definition) is 5. The van der Waals surface area contributed by atoms with Crippen LogP contribution in [0.15, 0.2) is 42.5 Å². The van der Waals surface area contributed by atoms with E-state index in [1.54, 1.807) is 0 Å². The number of benzene rings is 2. The minimum absolute atomic E-state index is 0.131. The molecule has 5 nitrogen and oxygen atoms in total. The van der Waals surface area contributed by atoms with Crippen LogP contribution in [0.2, 0.25) is 0 Å². The highest BCUT2D eigenvalue weighted by Crippen LogP contribution is 2.29. The fourth-order valence-electron chi connectivity index (χ4n) is 2.42. The van der Waals surface area contributed by atoms with E-state index in [4.69, 9.17) is 0 Å². The molecule has 0 unspecified atom stereocenters. The van der Waals surface area contributed by atoms with Crippen molar-refractivity contribution in [1.82, 2.24) is 9.97 Å². The van der Waals surface area contributed by atoms with Gasteiger partial charge in [-0.05, 0) is 42.5 Å². The summed E-state index contributed by atoms with van der Waals surface area (Å²) in [6.07, 6.45) is -4.47. The van der Waals surface area contributed by atoms with Crippen LogP contribution in [-0.2, 0) is 4.74 Å². The van der Waals surface area contributed by atoms with Crippen molar-refractivity contribution in [3.63, 3.8) is 0 Å². The van der Waals surface area contributed by atoms with Crippen LogP contribution in [0.1, 0.15) is 10.4 Å². The Bertz CT molecular complexity index is 988. The zero-order chi connectivity index (χ0) is 19.6. The van der Waals surface area contributed by atoms with Crippen molar-refractivity contribution in [2.75, 3.05) is 19.0 Å². The second-order valence-corrected chi connectivity index (χ2v) is 5.59. The van der Waals surface area contributed by atoms with Crippen molar-refractivity contribution < 1.29 is 27.1 Å². The number of fused-ring (bicyclic) bond motifs is 1. The Morgan fingerprint density at radius 3 is 2.41 bits per heavy atom. The molecule has 2 aromatic carbocycles. The summed E-state index contributed by atoms with van der Waals surface area (Å²) < 4.78 is 55.7. The monoisotopic (exact) mass is 379 g/mol. The minimum atomic E-state index is -4.47. The Labute approximate surface area is 151 Å². The topological polar surface area (TPSA) is 64.1 Å². The Morgan fingerprint density at radius 1 is 1.07 bits per heavy atom. The van der Waals surface area contributed by atoms with Gasteiger partial charge in [0.25, 0.3) is 0 Å². The van der Waals surface area contributed by atoms with Gasteiger partial charge in [0.1, 0.15) is 18.1 Å². The van der Waals surface area contributed by atoms with Crippen molar-refractivity contribution in [2.45, 2.75) is 6.18 Å². The summed E-state index contributed by atoms with van der Waals surface area (Å²) in [6, 6.07) is 9.50. The van der Waals surface area contributed by atoms with Crippen molar-refractivity contribution in [1.29, 1.82) is 0 Å². The van der Waals surface area contributed by atoms with Gasteiger partial charge in [0.2, 0.25) is 0 Å². The van der Waals surface area contributed by atoms with Gasteiger partial charge in [0.05, 0.1) is 23.7 Å². The van der Waals surface area contributed by atoms with Gasteiger partial charge in [0.15, 0.2) is 5.82 Å². The average Bonchev–Trinajstić information content (AvgIpc) is 2.64. The summed E-state index contributed by atoms with van der Waals surface area (Å²) in [5.74, 6) is -1.22. The molecule has 0 atom stereocenters. The fraction of sp³-hybridized carbons (Fsp3) is 0.167. The van der Waals surface area contributed by atoms with Crippen LogP contribution in [0.25, 0.3) is 22.3 Å². The van der Waals surface area contributed by atoms with Gasteiger partial charge in [-0.25, -0.2) is 19.2 Å². The molecular weight excluding hydrogens is 366 g/mol. The Hall–Kier alpha value is -3.23. The quantitative estimate of drug-likeness (QED) is 0.544. The number of carbonyl (C=O) groups excluding carboxylic acids is 1. The molecule has 140 valence electrons. The molecule has 1 N–H and O–H groups in total. The van der Waals surface area contributed by atoms with E-state index in [1.807, 2.05) is 0 Å². The van der Waals surface area contributed by atoms with Crippen LogP contribution in [0.5, 0.6) is 0 Å². The predicted molar refractivity (Wildman–Crippen MR) is 90.8 cm³/mol. The number of ether oxygens (including phenoxy) is 1. The number of methoxy groups -OCH3 is 1. The number of carbonyl (C=O) groups is 1. The molecule has 0 saturated heterocycles. The molecule has 1 aromatic heterocycles.